The molecule has 0 N–H and O–H groups in total. The van der Waals surface area contributed by atoms with Crippen LogP contribution in [0.1, 0.15) is 96.8 Å². The molecule has 0 fully saturated rings. The van der Waals surface area contributed by atoms with Gasteiger partial charge in [0.1, 0.15) is 0 Å². The highest BCUT2D eigenvalue weighted by molar-refractivity contribution is 5.00. The third kappa shape index (κ3) is 19.2. The van der Waals surface area contributed by atoms with Crippen molar-refractivity contribution in [3.8, 4) is 0 Å². The molecule has 0 aliphatic heterocycles. The molecule has 0 rings (SSSR count). The Morgan fingerprint density at radius 1 is 0.619 bits per heavy atom. The van der Waals surface area contributed by atoms with E-state index in [2.05, 4.69) is 31.7 Å². The van der Waals surface area contributed by atoms with Gasteiger partial charge in [0.15, 0.2) is 0 Å². The Morgan fingerprint density at radius 2 is 1.14 bits per heavy atom. The molecule has 0 saturated carbocycles. The number of unbranched alkanes of at least 4 members (excludes halogenated alkanes) is 12. The highest BCUT2D eigenvalue weighted by atomic mass is 14.0. The molecule has 0 saturated heterocycles. The van der Waals surface area contributed by atoms with Gasteiger partial charge in [-0.1, -0.05) is 115 Å². The minimum absolute atomic E-state index is 1.05. The fourth-order valence-corrected chi connectivity index (χ4v) is 2.57. The van der Waals surface area contributed by atoms with E-state index in [1.165, 1.54) is 83.5 Å². The number of hydrogen-bond donors (Lipinski definition) is 0. The molecule has 0 aliphatic carbocycles. The van der Waals surface area contributed by atoms with E-state index in [1.54, 1.807) is 0 Å². The number of rotatable bonds is 16. The van der Waals surface area contributed by atoms with Gasteiger partial charge < -0.3 is 0 Å². The summed E-state index contributed by atoms with van der Waals surface area (Å²) >= 11 is 0. The minimum atomic E-state index is 1.05. The van der Waals surface area contributed by atoms with Crippen molar-refractivity contribution < 1.29 is 0 Å². The molecule has 0 aromatic rings. The molecule has 0 heteroatoms. The molecule has 0 spiro atoms. The largest absolute Gasteiger partial charge is 0.0991 e. The van der Waals surface area contributed by atoms with Crippen LogP contribution in [0, 0.1) is 0 Å². The summed E-state index contributed by atoms with van der Waals surface area (Å²) in [6, 6.07) is 0. The standard InChI is InChI=1S/C21H38/c1-3-5-7-9-11-13-15-17-19-21-20-18-16-14-12-10-8-6-4-2/h3,5,7,11,13H,1,4,6,8-10,12,14-21H2,2H3. The Balaban J connectivity index is 3.05. The zero-order chi connectivity index (χ0) is 15.4. The van der Waals surface area contributed by atoms with Gasteiger partial charge in [-0.25, -0.2) is 0 Å². The van der Waals surface area contributed by atoms with E-state index in [-0.39, 0.29) is 0 Å². The van der Waals surface area contributed by atoms with Gasteiger partial charge >= 0.3 is 0 Å². The Labute approximate surface area is 134 Å². The Kier molecular flexibility index (Phi) is 18.5. The Hall–Kier alpha value is -0.780. The topological polar surface area (TPSA) is 0 Å². The molecule has 0 nitrogen and oxygen atoms in total. The van der Waals surface area contributed by atoms with Crippen LogP contribution in [0.15, 0.2) is 37.0 Å². The van der Waals surface area contributed by atoms with Crippen molar-refractivity contribution in [3.05, 3.63) is 37.0 Å². The second kappa shape index (κ2) is 19.2. The summed E-state index contributed by atoms with van der Waals surface area (Å²) in [6.07, 6.45) is 30.1. The van der Waals surface area contributed by atoms with E-state index in [9.17, 15) is 0 Å². The first-order valence-corrected chi connectivity index (χ1v) is 9.34. The first kappa shape index (κ1) is 20.2. The Bertz CT molecular complexity index is 247. The van der Waals surface area contributed by atoms with Crippen LogP contribution in [0.4, 0.5) is 0 Å². The summed E-state index contributed by atoms with van der Waals surface area (Å²) in [7, 11) is 0. The van der Waals surface area contributed by atoms with Crippen LogP contribution in [0.5, 0.6) is 0 Å². The normalized spacial score (nSPS) is 11.7. The molecule has 0 unspecified atom stereocenters. The summed E-state index contributed by atoms with van der Waals surface area (Å²) in [5.74, 6) is 0. The van der Waals surface area contributed by atoms with Crippen LogP contribution in [0.25, 0.3) is 0 Å². The van der Waals surface area contributed by atoms with Crippen LogP contribution in [0.3, 0.4) is 0 Å². The van der Waals surface area contributed by atoms with Crippen LogP contribution in [-0.4, -0.2) is 0 Å². The van der Waals surface area contributed by atoms with Crippen LogP contribution in [0.2, 0.25) is 0 Å². The van der Waals surface area contributed by atoms with Crippen molar-refractivity contribution in [3.63, 3.8) is 0 Å². The molecule has 0 aliphatic rings. The summed E-state index contributed by atoms with van der Waals surface area (Å²) in [5.41, 5.74) is 0. The second-order valence-electron chi connectivity index (χ2n) is 6.05. The lowest BCUT2D eigenvalue weighted by Gasteiger charge is -2.02. The lowest BCUT2D eigenvalue weighted by Crippen LogP contribution is -1.82. The summed E-state index contributed by atoms with van der Waals surface area (Å²) in [5, 5.41) is 0. The third-order valence-corrected chi connectivity index (χ3v) is 3.94. The first-order chi connectivity index (χ1) is 10.4. The lowest BCUT2D eigenvalue weighted by molar-refractivity contribution is 0.545. The molecule has 0 heterocycles. The summed E-state index contributed by atoms with van der Waals surface area (Å²) in [6.45, 7) is 5.95. The van der Waals surface area contributed by atoms with Crippen LogP contribution in [-0.2, 0) is 0 Å². The average molecular weight is 291 g/mol. The van der Waals surface area contributed by atoms with Crippen LogP contribution < -0.4 is 0 Å². The highest BCUT2D eigenvalue weighted by Gasteiger charge is 1.92. The monoisotopic (exact) mass is 290 g/mol. The van der Waals surface area contributed by atoms with Gasteiger partial charge in [0.05, 0.1) is 0 Å². The molecule has 21 heavy (non-hydrogen) atoms. The van der Waals surface area contributed by atoms with Gasteiger partial charge in [0, 0.05) is 0 Å². The van der Waals surface area contributed by atoms with E-state index in [0.29, 0.717) is 0 Å². The van der Waals surface area contributed by atoms with Gasteiger partial charge in [0.25, 0.3) is 0 Å². The zero-order valence-electron chi connectivity index (χ0n) is 14.5. The van der Waals surface area contributed by atoms with E-state index in [4.69, 9.17) is 0 Å². The predicted molar refractivity (Wildman–Crippen MR) is 98.8 cm³/mol. The third-order valence-electron chi connectivity index (χ3n) is 3.94. The summed E-state index contributed by atoms with van der Waals surface area (Å²) < 4.78 is 0. The van der Waals surface area contributed by atoms with E-state index >= 15 is 0 Å². The molecule has 122 valence electrons. The van der Waals surface area contributed by atoms with Crippen LogP contribution >= 0.6 is 0 Å². The van der Waals surface area contributed by atoms with Crippen molar-refractivity contribution in [2.45, 2.75) is 96.8 Å². The van der Waals surface area contributed by atoms with Gasteiger partial charge in [-0.3, -0.25) is 0 Å². The van der Waals surface area contributed by atoms with Crippen molar-refractivity contribution in [2.24, 2.45) is 0 Å². The molecule has 0 atom stereocenters. The maximum absolute atomic E-state index is 3.66. The first-order valence-electron chi connectivity index (χ1n) is 9.34. The van der Waals surface area contributed by atoms with Gasteiger partial charge in [-0.05, 0) is 19.3 Å². The predicted octanol–water partition coefficient (Wildman–Crippen LogP) is 7.77. The molecule has 0 amide bonds. The van der Waals surface area contributed by atoms with Gasteiger partial charge in [-0.2, -0.15) is 0 Å². The number of allylic oxidation sites excluding steroid dienone is 5. The van der Waals surface area contributed by atoms with E-state index in [0.717, 1.165) is 6.42 Å². The highest BCUT2D eigenvalue weighted by Crippen LogP contribution is 2.12. The molecule has 0 bridgehead atoms. The maximum Gasteiger partial charge on any atom is -0.0166 e. The molecule has 0 radical (unpaired) electrons. The minimum Gasteiger partial charge on any atom is -0.0991 e. The van der Waals surface area contributed by atoms with Crippen molar-refractivity contribution in [1.29, 1.82) is 0 Å². The van der Waals surface area contributed by atoms with Gasteiger partial charge in [0.2, 0.25) is 0 Å². The smallest absolute Gasteiger partial charge is 0.0166 e. The molecular formula is C21H38. The van der Waals surface area contributed by atoms with Crippen molar-refractivity contribution in [1.82, 2.24) is 0 Å². The Morgan fingerprint density at radius 3 is 1.67 bits per heavy atom. The fraction of sp³-hybridized carbons (Fsp3) is 0.714. The molecule has 0 aromatic carbocycles. The lowest BCUT2D eigenvalue weighted by atomic mass is 10.0. The molecule has 0 aromatic heterocycles. The quantitative estimate of drug-likeness (QED) is 0.155. The van der Waals surface area contributed by atoms with Crippen molar-refractivity contribution >= 4 is 0 Å². The molecular weight excluding hydrogens is 252 g/mol. The van der Waals surface area contributed by atoms with Crippen molar-refractivity contribution in [2.75, 3.05) is 0 Å². The number of hydrogen-bond acceptors (Lipinski definition) is 0. The van der Waals surface area contributed by atoms with E-state index in [1.807, 2.05) is 12.2 Å². The average Bonchev–Trinajstić information content (AvgIpc) is 2.50. The summed E-state index contributed by atoms with van der Waals surface area (Å²) in [4.78, 5) is 0. The SMILES string of the molecule is C=CC=CCC=CCCCCCCCCCCCCCC. The van der Waals surface area contributed by atoms with E-state index < -0.39 is 0 Å². The maximum atomic E-state index is 3.66. The second-order valence-corrected chi connectivity index (χ2v) is 6.05. The fourth-order valence-electron chi connectivity index (χ4n) is 2.57. The van der Waals surface area contributed by atoms with Gasteiger partial charge in [-0.15, -0.1) is 0 Å². The zero-order valence-corrected chi connectivity index (χ0v) is 14.5.